The lowest BCUT2D eigenvalue weighted by Gasteiger charge is -2.19. The molecule has 112 valence electrons. The topological polar surface area (TPSA) is 118 Å². The van der Waals surface area contributed by atoms with E-state index in [1.54, 1.807) is 27.7 Å². The van der Waals surface area contributed by atoms with Crippen LogP contribution < -0.4 is 5.32 Å². The molecule has 0 heterocycles. The number of ketones is 1. The Morgan fingerprint density at radius 3 is 2.30 bits per heavy atom. The molecule has 1 amide bonds. The normalized spacial score (nSPS) is 10.2. The molecular formula is C12H19N3O5. The van der Waals surface area contributed by atoms with E-state index in [9.17, 15) is 14.4 Å². The second kappa shape index (κ2) is 8.06. The van der Waals surface area contributed by atoms with Crippen molar-refractivity contribution in [3.05, 3.63) is 5.53 Å². The number of Topliss-reactive ketones (excluding diaryl/α,β-unsaturated/α-hetero) is 1. The third kappa shape index (κ3) is 7.27. The maximum atomic E-state index is 11.6. The average Bonchev–Trinajstić information content (AvgIpc) is 2.27. The van der Waals surface area contributed by atoms with Crippen LogP contribution in [0, 0.1) is 0 Å². The molecule has 0 fully saturated rings. The molecule has 0 saturated heterocycles. The SMILES string of the molecule is CCOC(=O)C(=[N+]=[N-])C(=O)CCNC(=O)OC(C)(C)C. The van der Waals surface area contributed by atoms with Gasteiger partial charge in [-0.05, 0) is 27.7 Å². The third-order valence-corrected chi connectivity index (χ3v) is 1.85. The molecule has 0 atom stereocenters. The highest BCUT2D eigenvalue weighted by Crippen LogP contribution is 2.06. The Bertz CT molecular complexity index is 433. The molecule has 0 aliphatic carbocycles. The number of ether oxygens (including phenoxy) is 2. The number of hydrogen-bond acceptors (Lipinski definition) is 5. The van der Waals surface area contributed by atoms with Crippen LogP contribution in [0.1, 0.15) is 34.1 Å². The molecule has 0 rings (SSSR count). The molecule has 8 heteroatoms. The molecule has 0 aromatic heterocycles. The molecule has 0 radical (unpaired) electrons. The van der Waals surface area contributed by atoms with Crippen LogP contribution in [0.15, 0.2) is 0 Å². The minimum absolute atomic E-state index is 0.0494. The Balaban J connectivity index is 4.26. The van der Waals surface area contributed by atoms with E-state index in [1.165, 1.54) is 0 Å². The standard InChI is InChI=1S/C12H19N3O5/c1-5-19-10(17)9(15-13)8(16)6-7-14-11(18)20-12(2,3)4/h5-7H2,1-4H3,(H,14,18). The van der Waals surface area contributed by atoms with Gasteiger partial charge in [0.05, 0.1) is 6.61 Å². The second-order valence-corrected chi connectivity index (χ2v) is 4.77. The van der Waals surface area contributed by atoms with E-state index < -0.39 is 29.2 Å². The van der Waals surface area contributed by atoms with Crippen LogP contribution in [0.25, 0.3) is 5.53 Å². The number of carbonyl (C=O) groups excluding carboxylic acids is 3. The molecule has 0 aliphatic heterocycles. The average molecular weight is 285 g/mol. The predicted octanol–water partition coefficient (Wildman–Crippen LogP) is 0.704. The largest absolute Gasteiger partial charge is 0.457 e. The van der Waals surface area contributed by atoms with Crippen LogP contribution in [0.5, 0.6) is 0 Å². The molecule has 1 N–H and O–H groups in total. The summed E-state index contributed by atoms with van der Waals surface area (Å²) in [6.45, 7) is 6.67. The lowest BCUT2D eigenvalue weighted by Crippen LogP contribution is -2.35. The van der Waals surface area contributed by atoms with E-state index in [0.29, 0.717) is 0 Å². The van der Waals surface area contributed by atoms with Gasteiger partial charge in [0.25, 0.3) is 5.78 Å². The molecule has 8 nitrogen and oxygen atoms in total. The molecule has 0 unspecified atom stereocenters. The van der Waals surface area contributed by atoms with E-state index in [2.05, 4.69) is 14.8 Å². The highest BCUT2D eigenvalue weighted by Gasteiger charge is 2.30. The van der Waals surface area contributed by atoms with E-state index in [1.807, 2.05) is 0 Å². The van der Waals surface area contributed by atoms with Crippen molar-refractivity contribution in [3.8, 4) is 0 Å². The zero-order valence-electron chi connectivity index (χ0n) is 12.1. The second-order valence-electron chi connectivity index (χ2n) is 4.77. The number of nitrogens with one attached hydrogen (secondary N) is 1. The quantitative estimate of drug-likeness (QED) is 0.253. The smallest absolute Gasteiger partial charge is 0.441 e. The number of nitrogens with zero attached hydrogens (tertiary/aromatic N) is 2. The monoisotopic (exact) mass is 285 g/mol. The molecule has 0 spiro atoms. The van der Waals surface area contributed by atoms with Crippen LogP contribution in [0.4, 0.5) is 4.79 Å². The van der Waals surface area contributed by atoms with E-state index in [4.69, 9.17) is 10.3 Å². The van der Waals surface area contributed by atoms with Crippen molar-refractivity contribution in [2.24, 2.45) is 0 Å². The number of hydrogen-bond donors (Lipinski definition) is 1. The van der Waals surface area contributed by atoms with Crippen molar-refractivity contribution < 1.29 is 28.6 Å². The van der Waals surface area contributed by atoms with Crippen molar-refractivity contribution in [2.75, 3.05) is 13.2 Å². The van der Waals surface area contributed by atoms with Crippen molar-refractivity contribution in [1.82, 2.24) is 5.32 Å². The van der Waals surface area contributed by atoms with Crippen molar-refractivity contribution in [3.63, 3.8) is 0 Å². The lowest BCUT2D eigenvalue weighted by molar-refractivity contribution is -0.141. The zero-order valence-corrected chi connectivity index (χ0v) is 12.1. The van der Waals surface area contributed by atoms with Crippen LogP contribution in [-0.2, 0) is 19.1 Å². The van der Waals surface area contributed by atoms with Crippen LogP contribution >= 0.6 is 0 Å². The van der Waals surface area contributed by atoms with Gasteiger partial charge in [0.15, 0.2) is 0 Å². The Kier molecular flexibility index (Phi) is 7.17. The van der Waals surface area contributed by atoms with Crippen molar-refractivity contribution in [2.45, 2.75) is 39.7 Å². The van der Waals surface area contributed by atoms with Crippen LogP contribution in [0.2, 0.25) is 0 Å². The van der Waals surface area contributed by atoms with Gasteiger partial charge in [-0.3, -0.25) is 4.79 Å². The third-order valence-electron chi connectivity index (χ3n) is 1.85. The number of alkyl carbamates (subject to hydrolysis) is 1. The maximum Gasteiger partial charge on any atom is 0.441 e. The first-order valence-corrected chi connectivity index (χ1v) is 6.10. The summed E-state index contributed by atoms with van der Waals surface area (Å²) in [5.74, 6) is -1.74. The van der Waals surface area contributed by atoms with Gasteiger partial charge in [-0.15, -0.1) is 0 Å². The maximum absolute atomic E-state index is 11.6. The van der Waals surface area contributed by atoms with Crippen molar-refractivity contribution >= 4 is 23.6 Å². The summed E-state index contributed by atoms with van der Waals surface area (Å²) >= 11 is 0. The highest BCUT2D eigenvalue weighted by molar-refractivity contribution is 6.62. The summed E-state index contributed by atoms with van der Waals surface area (Å²) in [5, 5.41) is 2.35. The number of amides is 1. The summed E-state index contributed by atoms with van der Waals surface area (Å²) in [5.41, 5.74) is 7.27. The summed E-state index contributed by atoms with van der Waals surface area (Å²) in [6.07, 6.45) is -0.888. The summed E-state index contributed by atoms with van der Waals surface area (Å²) in [6, 6.07) is 0. The minimum atomic E-state index is -1.00. The van der Waals surface area contributed by atoms with Gasteiger partial charge in [-0.1, -0.05) is 0 Å². The first-order valence-electron chi connectivity index (χ1n) is 6.10. The number of rotatable bonds is 6. The molecule has 0 aliphatic rings. The number of esters is 1. The van der Waals surface area contributed by atoms with Gasteiger partial charge < -0.3 is 20.3 Å². The molecule has 0 aromatic carbocycles. The first-order chi connectivity index (χ1) is 9.21. The fourth-order valence-corrected chi connectivity index (χ4v) is 1.12. The Hall–Kier alpha value is -2.21. The highest BCUT2D eigenvalue weighted by atomic mass is 16.6. The molecule has 20 heavy (non-hydrogen) atoms. The number of carbonyl (C=O) groups is 3. The van der Waals surface area contributed by atoms with E-state index in [-0.39, 0.29) is 19.6 Å². The van der Waals surface area contributed by atoms with Gasteiger partial charge in [-0.2, -0.15) is 4.79 Å². The molecule has 0 aromatic rings. The van der Waals surface area contributed by atoms with Crippen molar-refractivity contribution in [1.29, 1.82) is 0 Å². The Labute approximate surface area is 117 Å². The summed E-state index contributed by atoms with van der Waals surface area (Å²) < 4.78 is 9.51. The van der Waals surface area contributed by atoms with Gasteiger partial charge in [0.1, 0.15) is 5.60 Å². The first kappa shape index (κ1) is 17.8. The predicted molar refractivity (Wildman–Crippen MR) is 69.1 cm³/mol. The Morgan fingerprint density at radius 2 is 1.85 bits per heavy atom. The van der Waals surface area contributed by atoms with Crippen LogP contribution in [0.3, 0.4) is 0 Å². The molecular weight excluding hydrogens is 266 g/mol. The zero-order chi connectivity index (χ0) is 15.8. The fourth-order valence-electron chi connectivity index (χ4n) is 1.12. The summed E-state index contributed by atoms with van der Waals surface area (Å²) in [4.78, 5) is 36.7. The summed E-state index contributed by atoms with van der Waals surface area (Å²) in [7, 11) is 0. The molecule has 0 bridgehead atoms. The van der Waals surface area contributed by atoms with Gasteiger partial charge in [0.2, 0.25) is 0 Å². The van der Waals surface area contributed by atoms with Gasteiger partial charge >= 0.3 is 17.8 Å². The van der Waals surface area contributed by atoms with Gasteiger partial charge in [-0.25, -0.2) is 9.59 Å². The minimum Gasteiger partial charge on any atom is -0.457 e. The molecule has 0 saturated carbocycles. The van der Waals surface area contributed by atoms with Gasteiger partial charge in [0, 0.05) is 13.0 Å². The lowest BCUT2D eigenvalue weighted by atomic mass is 10.2. The Morgan fingerprint density at radius 1 is 1.25 bits per heavy atom. The van der Waals surface area contributed by atoms with E-state index in [0.717, 1.165) is 0 Å². The fraction of sp³-hybridized carbons (Fsp3) is 0.667. The van der Waals surface area contributed by atoms with Crippen LogP contribution in [-0.4, -0.2) is 47.1 Å². The van der Waals surface area contributed by atoms with E-state index >= 15 is 0 Å².